The van der Waals surface area contributed by atoms with E-state index in [1.165, 1.54) is 0 Å². The number of rotatable bonds is 3. The second-order valence-corrected chi connectivity index (χ2v) is 5.50. The van der Waals surface area contributed by atoms with Gasteiger partial charge in [-0.25, -0.2) is 0 Å². The third-order valence-corrected chi connectivity index (χ3v) is 3.91. The van der Waals surface area contributed by atoms with E-state index in [9.17, 15) is 0 Å². The molecule has 0 bridgehead atoms. The van der Waals surface area contributed by atoms with Gasteiger partial charge in [-0.05, 0) is 36.6 Å². The molecule has 0 amide bonds. The molecule has 20 heavy (non-hydrogen) atoms. The van der Waals surface area contributed by atoms with Crippen molar-refractivity contribution in [2.24, 2.45) is 5.73 Å². The van der Waals surface area contributed by atoms with Gasteiger partial charge < -0.3 is 10.2 Å². The molecule has 2 nitrogen and oxygen atoms in total. The fourth-order valence-electron chi connectivity index (χ4n) is 2.45. The second kappa shape index (κ2) is 5.31. The summed E-state index contributed by atoms with van der Waals surface area (Å²) in [5, 5.41) is 1.84. The number of nitrogens with two attached hydrogens (primary N) is 1. The maximum Gasteiger partial charge on any atom is 0.134 e. The molecule has 1 heterocycles. The summed E-state index contributed by atoms with van der Waals surface area (Å²) >= 11 is 6.27. The Hall–Kier alpha value is -1.77. The van der Waals surface area contributed by atoms with E-state index in [2.05, 4.69) is 6.07 Å². The van der Waals surface area contributed by atoms with Crippen molar-refractivity contribution in [2.45, 2.75) is 19.4 Å². The minimum Gasteiger partial charge on any atom is -0.464 e. The Morgan fingerprint density at radius 2 is 2.00 bits per heavy atom. The molecular formula is C17H16ClNO. The molecular weight excluding hydrogens is 270 g/mol. The van der Waals surface area contributed by atoms with E-state index in [4.69, 9.17) is 21.8 Å². The zero-order valence-electron chi connectivity index (χ0n) is 11.3. The van der Waals surface area contributed by atoms with Gasteiger partial charge >= 0.3 is 0 Å². The standard InChI is InChI=1S/C17H16ClNO/c1-11-6-7-12(15(18)8-11)9-16(19)14-10-20-17-5-3-2-4-13(14)17/h2-8,10,16H,9,19H2,1H3. The smallest absolute Gasteiger partial charge is 0.134 e. The first-order valence-electron chi connectivity index (χ1n) is 6.62. The molecule has 0 spiro atoms. The maximum atomic E-state index is 6.33. The molecule has 1 unspecified atom stereocenters. The molecule has 0 saturated heterocycles. The van der Waals surface area contributed by atoms with Gasteiger partial charge in [0, 0.05) is 22.0 Å². The van der Waals surface area contributed by atoms with Crippen molar-refractivity contribution in [2.75, 3.05) is 0 Å². The zero-order chi connectivity index (χ0) is 14.1. The van der Waals surface area contributed by atoms with Crippen molar-refractivity contribution in [1.82, 2.24) is 0 Å². The molecule has 2 N–H and O–H groups in total. The summed E-state index contributed by atoms with van der Waals surface area (Å²) in [6, 6.07) is 13.9. The van der Waals surface area contributed by atoms with E-state index in [0.717, 1.165) is 32.7 Å². The Morgan fingerprint density at radius 3 is 2.80 bits per heavy atom. The minimum atomic E-state index is -0.126. The van der Waals surface area contributed by atoms with Gasteiger partial charge in [0.1, 0.15) is 5.58 Å². The third kappa shape index (κ3) is 2.45. The fraction of sp³-hybridized carbons (Fsp3) is 0.176. The number of fused-ring (bicyclic) bond motifs is 1. The monoisotopic (exact) mass is 285 g/mol. The van der Waals surface area contributed by atoms with Crippen LogP contribution >= 0.6 is 11.6 Å². The summed E-state index contributed by atoms with van der Waals surface area (Å²) < 4.78 is 5.54. The molecule has 0 fully saturated rings. The van der Waals surface area contributed by atoms with Crippen molar-refractivity contribution in [3.05, 3.63) is 70.4 Å². The maximum absolute atomic E-state index is 6.33. The molecule has 3 heteroatoms. The van der Waals surface area contributed by atoms with E-state index in [1.807, 2.05) is 43.3 Å². The van der Waals surface area contributed by atoms with Crippen molar-refractivity contribution in [1.29, 1.82) is 0 Å². The summed E-state index contributed by atoms with van der Waals surface area (Å²) in [7, 11) is 0. The van der Waals surface area contributed by atoms with Crippen molar-refractivity contribution < 1.29 is 4.42 Å². The summed E-state index contributed by atoms with van der Waals surface area (Å²) in [6.07, 6.45) is 2.44. The highest BCUT2D eigenvalue weighted by atomic mass is 35.5. The summed E-state index contributed by atoms with van der Waals surface area (Å²) in [5.74, 6) is 0. The number of halogens is 1. The number of hydrogen-bond acceptors (Lipinski definition) is 2. The van der Waals surface area contributed by atoms with Gasteiger partial charge in [0.15, 0.2) is 0 Å². The average molecular weight is 286 g/mol. The summed E-state index contributed by atoms with van der Waals surface area (Å²) in [6.45, 7) is 2.03. The van der Waals surface area contributed by atoms with Crippen LogP contribution in [0.15, 0.2) is 53.1 Å². The molecule has 2 aromatic carbocycles. The van der Waals surface area contributed by atoms with Crippen LogP contribution in [0.4, 0.5) is 0 Å². The van der Waals surface area contributed by atoms with E-state index in [-0.39, 0.29) is 6.04 Å². The molecule has 0 aliphatic carbocycles. The molecule has 102 valence electrons. The normalized spacial score (nSPS) is 12.8. The van der Waals surface area contributed by atoms with Gasteiger partial charge in [-0.2, -0.15) is 0 Å². The lowest BCUT2D eigenvalue weighted by Crippen LogP contribution is -2.13. The fourth-order valence-corrected chi connectivity index (χ4v) is 2.76. The van der Waals surface area contributed by atoms with Crippen LogP contribution in [-0.2, 0) is 6.42 Å². The second-order valence-electron chi connectivity index (χ2n) is 5.09. The van der Waals surface area contributed by atoms with Crippen LogP contribution in [0.1, 0.15) is 22.7 Å². The van der Waals surface area contributed by atoms with Crippen LogP contribution in [0, 0.1) is 6.92 Å². The van der Waals surface area contributed by atoms with Gasteiger partial charge in [0.05, 0.1) is 6.26 Å². The van der Waals surface area contributed by atoms with E-state index < -0.39 is 0 Å². The molecule has 0 aliphatic heterocycles. The Balaban J connectivity index is 1.91. The highest BCUT2D eigenvalue weighted by Gasteiger charge is 2.15. The Labute approximate surface area is 123 Å². The first kappa shape index (κ1) is 13.2. The van der Waals surface area contributed by atoms with Crippen molar-refractivity contribution >= 4 is 22.6 Å². The number of hydrogen-bond donors (Lipinski definition) is 1. The van der Waals surface area contributed by atoms with E-state index in [1.54, 1.807) is 6.26 Å². The lowest BCUT2D eigenvalue weighted by molar-refractivity contribution is 0.599. The predicted molar refractivity (Wildman–Crippen MR) is 83.0 cm³/mol. The topological polar surface area (TPSA) is 39.2 Å². The van der Waals surface area contributed by atoms with Gasteiger partial charge in [-0.1, -0.05) is 41.9 Å². The van der Waals surface area contributed by atoms with Crippen LogP contribution in [-0.4, -0.2) is 0 Å². The summed E-state index contributed by atoms with van der Waals surface area (Å²) in [5.41, 5.74) is 10.4. The zero-order valence-corrected chi connectivity index (χ0v) is 12.0. The molecule has 3 aromatic rings. The molecule has 0 saturated carbocycles. The van der Waals surface area contributed by atoms with E-state index >= 15 is 0 Å². The van der Waals surface area contributed by atoms with Gasteiger partial charge in [0.2, 0.25) is 0 Å². The quantitative estimate of drug-likeness (QED) is 0.761. The lowest BCUT2D eigenvalue weighted by atomic mass is 9.98. The number of furan rings is 1. The first-order chi connectivity index (χ1) is 9.65. The van der Waals surface area contributed by atoms with Crippen molar-refractivity contribution in [3.8, 4) is 0 Å². The number of aryl methyl sites for hydroxylation is 1. The summed E-state index contributed by atoms with van der Waals surface area (Å²) in [4.78, 5) is 0. The largest absolute Gasteiger partial charge is 0.464 e. The predicted octanol–water partition coefficient (Wildman–Crippen LogP) is 4.64. The Morgan fingerprint density at radius 1 is 1.20 bits per heavy atom. The minimum absolute atomic E-state index is 0.126. The van der Waals surface area contributed by atoms with Crippen LogP contribution in [0.5, 0.6) is 0 Å². The van der Waals surface area contributed by atoms with Crippen LogP contribution in [0.2, 0.25) is 5.02 Å². The molecule has 3 rings (SSSR count). The van der Waals surface area contributed by atoms with Gasteiger partial charge in [-0.15, -0.1) is 0 Å². The van der Waals surface area contributed by atoms with Crippen LogP contribution < -0.4 is 5.73 Å². The van der Waals surface area contributed by atoms with Gasteiger partial charge in [0.25, 0.3) is 0 Å². The molecule has 0 aliphatic rings. The third-order valence-electron chi connectivity index (χ3n) is 3.56. The van der Waals surface area contributed by atoms with Gasteiger partial charge in [-0.3, -0.25) is 0 Å². The lowest BCUT2D eigenvalue weighted by Gasteiger charge is -2.12. The van der Waals surface area contributed by atoms with Crippen molar-refractivity contribution in [3.63, 3.8) is 0 Å². The number of benzene rings is 2. The molecule has 1 aromatic heterocycles. The molecule has 0 radical (unpaired) electrons. The van der Waals surface area contributed by atoms with Crippen LogP contribution in [0.3, 0.4) is 0 Å². The van der Waals surface area contributed by atoms with E-state index in [0.29, 0.717) is 6.42 Å². The average Bonchev–Trinajstić information content (AvgIpc) is 2.86. The number of para-hydroxylation sites is 1. The molecule has 1 atom stereocenters. The highest BCUT2D eigenvalue weighted by molar-refractivity contribution is 6.31. The highest BCUT2D eigenvalue weighted by Crippen LogP contribution is 2.29. The SMILES string of the molecule is Cc1ccc(CC(N)c2coc3ccccc23)c(Cl)c1. The Bertz CT molecular complexity index is 748. The first-order valence-corrected chi connectivity index (χ1v) is 6.99. The Kier molecular flexibility index (Phi) is 3.51. The van der Waals surface area contributed by atoms with Crippen LogP contribution in [0.25, 0.3) is 11.0 Å².